The van der Waals surface area contributed by atoms with Gasteiger partial charge in [-0.1, -0.05) is 31.2 Å². The molecule has 0 spiro atoms. The largest absolute Gasteiger partial charge is 0.399 e. The van der Waals surface area contributed by atoms with E-state index in [4.69, 9.17) is 5.73 Å². The van der Waals surface area contributed by atoms with Crippen LogP contribution in [0.15, 0.2) is 45.2 Å². The maximum absolute atomic E-state index is 11.5. The molecule has 0 saturated carbocycles. The second-order valence-electron chi connectivity index (χ2n) is 3.97. The fourth-order valence-corrected chi connectivity index (χ4v) is 2.49. The van der Waals surface area contributed by atoms with Crippen molar-refractivity contribution in [2.45, 2.75) is 29.8 Å². The van der Waals surface area contributed by atoms with E-state index in [9.17, 15) is 4.79 Å². The summed E-state index contributed by atoms with van der Waals surface area (Å²) in [5.74, 6) is 0. The van der Waals surface area contributed by atoms with Gasteiger partial charge in [0, 0.05) is 22.3 Å². The normalized spacial score (nSPS) is 10.5. The van der Waals surface area contributed by atoms with E-state index in [2.05, 4.69) is 16.9 Å². The van der Waals surface area contributed by atoms with Gasteiger partial charge in [-0.05, 0) is 24.6 Å². The Hall–Kier alpha value is -1.75. The van der Waals surface area contributed by atoms with Crippen molar-refractivity contribution in [1.82, 2.24) is 9.97 Å². The van der Waals surface area contributed by atoms with Crippen LogP contribution in [-0.4, -0.2) is 9.97 Å². The number of nitrogens with one attached hydrogen (secondary N) is 1. The molecule has 0 aliphatic rings. The highest BCUT2D eigenvalue weighted by Gasteiger charge is 2.03. The number of nitrogen functional groups attached to an aromatic ring is 1. The average molecular weight is 261 g/mol. The van der Waals surface area contributed by atoms with Gasteiger partial charge in [0.25, 0.3) is 5.56 Å². The molecule has 3 N–H and O–H groups in total. The van der Waals surface area contributed by atoms with Crippen LogP contribution in [0.3, 0.4) is 0 Å². The molecule has 0 amide bonds. The predicted molar refractivity (Wildman–Crippen MR) is 73.8 cm³/mol. The van der Waals surface area contributed by atoms with Crippen molar-refractivity contribution in [2.24, 2.45) is 0 Å². The maximum atomic E-state index is 11.5. The molecule has 1 heterocycles. The van der Waals surface area contributed by atoms with Crippen molar-refractivity contribution in [1.29, 1.82) is 0 Å². The highest BCUT2D eigenvalue weighted by molar-refractivity contribution is 7.99. The number of benzene rings is 1. The van der Waals surface area contributed by atoms with Crippen LogP contribution in [0, 0.1) is 0 Å². The van der Waals surface area contributed by atoms with Crippen molar-refractivity contribution in [3.8, 4) is 0 Å². The van der Waals surface area contributed by atoms with E-state index in [1.807, 2.05) is 24.3 Å². The van der Waals surface area contributed by atoms with E-state index in [0.717, 1.165) is 23.4 Å². The lowest BCUT2D eigenvalue weighted by molar-refractivity contribution is 0.816. The molecule has 5 heteroatoms. The molecule has 2 rings (SSSR count). The minimum atomic E-state index is -0.111. The van der Waals surface area contributed by atoms with Gasteiger partial charge in [-0.2, -0.15) is 0 Å². The number of aryl methyl sites for hydroxylation is 1. The number of rotatable bonds is 4. The Kier molecular flexibility index (Phi) is 4.04. The van der Waals surface area contributed by atoms with E-state index < -0.39 is 0 Å². The van der Waals surface area contributed by atoms with Gasteiger partial charge in [0.15, 0.2) is 5.16 Å². The molecule has 0 aliphatic carbocycles. The zero-order chi connectivity index (χ0) is 13.0. The molecular weight excluding hydrogens is 246 g/mol. The Bertz CT molecular complexity index is 595. The number of hydrogen-bond donors (Lipinski definition) is 2. The molecule has 4 nitrogen and oxygen atoms in total. The van der Waals surface area contributed by atoms with Crippen LogP contribution in [0.25, 0.3) is 0 Å². The quantitative estimate of drug-likeness (QED) is 0.655. The molecule has 0 saturated heterocycles. The van der Waals surface area contributed by atoms with E-state index >= 15 is 0 Å². The Balaban J connectivity index is 2.26. The van der Waals surface area contributed by atoms with Crippen LogP contribution < -0.4 is 11.3 Å². The molecule has 2 aromatic rings. The third-order valence-corrected chi connectivity index (χ3v) is 3.23. The molecule has 1 aromatic carbocycles. The second-order valence-corrected chi connectivity index (χ2v) is 5.03. The monoisotopic (exact) mass is 261 g/mol. The lowest BCUT2D eigenvalue weighted by Gasteiger charge is -2.03. The first-order valence-corrected chi connectivity index (χ1v) is 6.62. The van der Waals surface area contributed by atoms with Gasteiger partial charge in [0.1, 0.15) is 0 Å². The first kappa shape index (κ1) is 12.7. The van der Waals surface area contributed by atoms with Crippen LogP contribution in [0.1, 0.15) is 19.0 Å². The van der Waals surface area contributed by atoms with Gasteiger partial charge in [-0.25, -0.2) is 4.98 Å². The summed E-state index contributed by atoms with van der Waals surface area (Å²) in [5.41, 5.74) is 7.13. The Morgan fingerprint density at radius 3 is 2.94 bits per heavy atom. The summed E-state index contributed by atoms with van der Waals surface area (Å²) >= 11 is 1.41. The van der Waals surface area contributed by atoms with E-state index in [0.29, 0.717) is 10.8 Å². The lowest BCUT2D eigenvalue weighted by atomic mass is 10.2. The molecule has 0 atom stereocenters. The van der Waals surface area contributed by atoms with Crippen LogP contribution in [0.5, 0.6) is 0 Å². The predicted octanol–water partition coefficient (Wildman–Crippen LogP) is 2.46. The van der Waals surface area contributed by atoms with E-state index in [1.165, 1.54) is 11.8 Å². The molecule has 0 fully saturated rings. The molecule has 0 radical (unpaired) electrons. The van der Waals surface area contributed by atoms with Gasteiger partial charge in [0.2, 0.25) is 0 Å². The van der Waals surface area contributed by atoms with Gasteiger partial charge >= 0.3 is 0 Å². The summed E-state index contributed by atoms with van der Waals surface area (Å²) in [6, 6.07) is 9.05. The van der Waals surface area contributed by atoms with E-state index in [-0.39, 0.29) is 5.56 Å². The van der Waals surface area contributed by atoms with Crippen LogP contribution in [0.2, 0.25) is 0 Å². The highest BCUT2D eigenvalue weighted by atomic mass is 32.2. The van der Waals surface area contributed by atoms with Gasteiger partial charge in [-0.15, -0.1) is 0 Å². The minimum absolute atomic E-state index is 0.111. The summed E-state index contributed by atoms with van der Waals surface area (Å²) in [5, 5.41) is 0.608. The van der Waals surface area contributed by atoms with Gasteiger partial charge in [0.05, 0.1) is 0 Å². The standard InChI is InChI=1S/C13H15N3OS/c1-2-4-10-8-12(17)16-13(15-10)18-11-6-3-5-9(14)7-11/h3,5-8H,2,4,14H2,1H3,(H,15,16,17). The lowest BCUT2D eigenvalue weighted by Crippen LogP contribution is -2.09. The number of nitrogens with two attached hydrogens (primary N) is 1. The smallest absolute Gasteiger partial charge is 0.251 e. The molecule has 0 unspecified atom stereocenters. The summed E-state index contributed by atoms with van der Waals surface area (Å²) in [4.78, 5) is 19.6. The third kappa shape index (κ3) is 3.37. The SMILES string of the molecule is CCCc1cc(=O)[nH]c(Sc2cccc(N)c2)n1. The minimum Gasteiger partial charge on any atom is -0.399 e. The molecule has 0 bridgehead atoms. The number of anilines is 1. The molecular formula is C13H15N3OS. The zero-order valence-corrected chi connectivity index (χ0v) is 11.0. The van der Waals surface area contributed by atoms with Crippen LogP contribution in [-0.2, 0) is 6.42 Å². The van der Waals surface area contributed by atoms with Crippen molar-refractivity contribution in [3.05, 3.63) is 46.4 Å². The van der Waals surface area contributed by atoms with Crippen LogP contribution in [0.4, 0.5) is 5.69 Å². The molecule has 18 heavy (non-hydrogen) atoms. The fourth-order valence-electron chi connectivity index (χ4n) is 1.61. The summed E-state index contributed by atoms with van der Waals surface area (Å²) in [6.45, 7) is 2.06. The van der Waals surface area contributed by atoms with Gasteiger partial charge in [-0.3, -0.25) is 4.79 Å². The number of hydrogen-bond acceptors (Lipinski definition) is 4. The van der Waals surface area contributed by atoms with Gasteiger partial charge < -0.3 is 10.7 Å². The summed E-state index contributed by atoms with van der Waals surface area (Å²) < 4.78 is 0. The number of H-pyrrole nitrogens is 1. The average Bonchev–Trinajstić information content (AvgIpc) is 2.28. The third-order valence-electron chi connectivity index (χ3n) is 2.35. The second kappa shape index (κ2) is 5.73. The number of aromatic amines is 1. The van der Waals surface area contributed by atoms with Crippen molar-refractivity contribution in [2.75, 3.05) is 5.73 Å². The Morgan fingerprint density at radius 2 is 2.22 bits per heavy atom. The highest BCUT2D eigenvalue weighted by Crippen LogP contribution is 2.25. The van der Waals surface area contributed by atoms with E-state index in [1.54, 1.807) is 6.07 Å². The Morgan fingerprint density at radius 1 is 1.39 bits per heavy atom. The molecule has 0 aliphatic heterocycles. The summed E-state index contributed by atoms with van der Waals surface area (Å²) in [7, 11) is 0. The zero-order valence-electron chi connectivity index (χ0n) is 10.1. The topological polar surface area (TPSA) is 71.8 Å². The van der Waals surface area contributed by atoms with Crippen molar-refractivity contribution in [3.63, 3.8) is 0 Å². The number of aromatic nitrogens is 2. The van der Waals surface area contributed by atoms with Crippen molar-refractivity contribution >= 4 is 17.4 Å². The first-order valence-electron chi connectivity index (χ1n) is 5.81. The molecule has 1 aromatic heterocycles. The summed E-state index contributed by atoms with van der Waals surface area (Å²) in [6.07, 6.45) is 1.78. The van der Waals surface area contributed by atoms with Crippen molar-refractivity contribution < 1.29 is 0 Å². The Labute approximate surface area is 110 Å². The molecule has 94 valence electrons. The fraction of sp³-hybridized carbons (Fsp3) is 0.231. The number of nitrogens with zero attached hydrogens (tertiary/aromatic N) is 1. The maximum Gasteiger partial charge on any atom is 0.251 e. The first-order chi connectivity index (χ1) is 8.67. The van der Waals surface area contributed by atoms with Crippen LogP contribution >= 0.6 is 11.8 Å².